The van der Waals surface area contributed by atoms with Crippen molar-refractivity contribution in [1.29, 1.82) is 0 Å². The average Bonchev–Trinajstić information content (AvgIpc) is 2.63. The van der Waals surface area contributed by atoms with Crippen molar-refractivity contribution in [3.05, 3.63) is 59.7 Å². The molecule has 0 spiro atoms. The number of sulfonamides is 1. The zero-order valence-electron chi connectivity index (χ0n) is 16.5. The molecule has 8 heteroatoms. The first-order valence-electron chi connectivity index (χ1n) is 8.73. The minimum absolute atomic E-state index is 0.0541. The first-order valence-corrected chi connectivity index (χ1v) is 10.2. The minimum atomic E-state index is -3.82. The number of nitrogens with zero attached hydrogens (tertiary/aromatic N) is 2. The summed E-state index contributed by atoms with van der Waals surface area (Å²) >= 11 is 0. The smallest absolute Gasteiger partial charge is 0.243 e. The monoisotopic (exact) mass is 403 g/mol. The molecule has 2 aromatic carbocycles. The summed E-state index contributed by atoms with van der Waals surface area (Å²) in [6.07, 6.45) is 0. The predicted molar refractivity (Wildman–Crippen MR) is 108 cm³/mol. The lowest BCUT2D eigenvalue weighted by atomic mass is 10.1. The van der Waals surface area contributed by atoms with Gasteiger partial charge in [-0.15, -0.1) is 0 Å². The van der Waals surface area contributed by atoms with E-state index in [4.69, 9.17) is 0 Å². The molecule has 2 aromatic rings. The molecule has 2 rings (SSSR count). The van der Waals surface area contributed by atoms with Crippen LogP contribution in [0.4, 0.5) is 5.69 Å². The summed E-state index contributed by atoms with van der Waals surface area (Å²) in [4.78, 5) is 25.1. The Balaban J connectivity index is 2.05. The van der Waals surface area contributed by atoms with Crippen LogP contribution in [-0.2, 0) is 26.2 Å². The molecule has 28 heavy (non-hydrogen) atoms. The molecule has 0 bridgehead atoms. The molecule has 0 saturated heterocycles. The van der Waals surface area contributed by atoms with E-state index in [2.05, 4.69) is 5.32 Å². The number of likely N-dealkylation sites (N-methyl/N-ethyl adjacent to an activating group) is 2. The van der Waals surface area contributed by atoms with Gasteiger partial charge in [0.2, 0.25) is 21.8 Å². The molecule has 0 fully saturated rings. The summed E-state index contributed by atoms with van der Waals surface area (Å²) in [5, 5.41) is 2.58. The lowest BCUT2D eigenvalue weighted by molar-refractivity contribution is -0.130. The number of carbonyl (C=O) groups excluding carboxylic acids is 2. The fraction of sp³-hybridized carbons (Fsp3) is 0.300. The van der Waals surface area contributed by atoms with Gasteiger partial charge in [-0.3, -0.25) is 9.59 Å². The van der Waals surface area contributed by atoms with Gasteiger partial charge in [0.25, 0.3) is 0 Å². The number of nitrogens with one attached hydrogen (secondary N) is 1. The number of amides is 2. The molecular formula is C20H25N3O4S. The van der Waals surface area contributed by atoms with Crippen LogP contribution in [0.5, 0.6) is 0 Å². The third-order valence-electron chi connectivity index (χ3n) is 4.34. The van der Waals surface area contributed by atoms with Crippen LogP contribution in [0.2, 0.25) is 0 Å². The van der Waals surface area contributed by atoms with E-state index in [1.54, 1.807) is 7.05 Å². The number of aryl methyl sites for hydroxylation is 1. The predicted octanol–water partition coefficient (Wildman–Crippen LogP) is 2.23. The molecule has 0 saturated carbocycles. The van der Waals surface area contributed by atoms with Crippen molar-refractivity contribution in [1.82, 2.24) is 9.21 Å². The normalized spacial score (nSPS) is 11.3. The lowest BCUT2D eigenvalue weighted by Gasteiger charge is -2.22. The summed E-state index contributed by atoms with van der Waals surface area (Å²) in [6.45, 7) is 3.48. The van der Waals surface area contributed by atoms with Crippen LogP contribution in [0.3, 0.4) is 0 Å². The van der Waals surface area contributed by atoms with Gasteiger partial charge in [0.05, 0.1) is 11.4 Å². The Hall–Kier alpha value is -2.71. The third-order valence-corrected chi connectivity index (χ3v) is 6.15. The van der Waals surface area contributed by atoms with Crippen molar-refractivity contribution in [2.24, 2.45) is 0 Å². The fourth-order valence-corrected chi connectivity index (χ4v) is 3.74. The van der Waals surface area contributed by atoms with Crippen LogP contribution in [0, 0.1) is 6.92 Å². The van der Waals surface area contributed by atoms with Gasteiger partial charge in [0.15, 0.2) is 0 Å². The molecule has 0 aliphatic heterocycles. The summed E-state index contributed by atoms with van der Waals surface area (Å²) in [5.74, 6) is -0.542. The van der Waals surface area contributed by atoms with Crippen molar-refractivity contribution < 1.29 is 18.0 Å². The summed E-state index contributed by atoms with van der Waals surface area (Å²) < 4.78 is 26.4. The molecule has 0 aliphatic carbocycles. The first kappa shape index (κ1) is 21.6. The Kier molecular flexibility index (Phi) is 6.93. The zero-order chi connectivity index (χ0) is 20.9. The highest BCUT2D eigenvalue weighted by Gasteiger charge is 2.24. The number of benzene rings is 2. The Bertz CT molecular complexity index is 956. The number of hydrogen-bond donors (Lipinski definition) is 1. The number of rotatable bonds is 7. The van der Waals surface area contributed by atoms with Crippen molar-refractivity contribution >= 4 is 27.5 Å². The molecule has 0 aromatic heterocycles. The standard InChI is InChI=1S/C20H25N3O4S/c1-15-7-5-6-8-17(15)13-22(3)20(25)14-23(4)28(26,27)19-11-9-18(10-12-19)21-16(2)24/h5-12H,13-14H2,1-4H3,(H,21,24). The van der Waals surface area contributed by atoms with E-state index < -0.39 is 10.0 Å². The third kappa shape index (κ3) is 5.40. The lowest BCUT2D eigenvalue weighted by Crippen LogP contribution is -2.39. The van der Waals surface area contributed by atoms with Gasteiger partial charge >= 0.3 is 0 Å². The van der Waals surface area contributed by atoms with Crippen molar-refractivity contribution in [3.63, 3.8) is 0 Å². The van der Waals surface area contributed by atoms with Crippen molar-refractivity contribution in [2.75, 3.05) is 26.0 Å². The van der Waals surface area contributed by atoms with Crippen molar-refractivity contribution in [3.8, 4) is 0 Å². The van der Waals surface area contributed by atoms with E-state index in [0.717, 1.165) is 15.4 Å². The topological polar surface area (TPSA) is 86.8 Å². The van der Waals surface area contributed by atoms with Gasteiger partial charge in [-0.05, 0) is 42.3 Å². The first-order chi connectivity index (χ1) is 13.1. The highest BCUT2D eigenvalue weighted by Crippen LogP contribution is 2.18. The molecule has 7 nitrogen and oxygen atoms in total. The van der Waals surface area contributed by atoms with Gasteiger partial charge in [-0.2, -0.15) is 4.31 Å². The highest BCUT2D eigenvalue weighted by molar-refractivity contribution is 7.89. The number of hydrogen-bond acceptors (Lipinski definition) is 4. The second-order valence-corrected chi connectivity index (χ2v) is 8.69. The number of anilines is 1. The number of carbonyl (C=O) groups is 2. The summed E-state index contributed by atoms with van der Waals surface area (Å²) in [7, 11) is -0.799. The van der Waals surface area contributed by atoms with E-state index in [1.807, 2.05) is 31.2 Å². The second-order valence-electron chi connectivity index (χ2n) is 6.64. The van der Waals surface area contributed by atoms with Gasteiger partial charge in [-0.1, -0.05) is 24.3 Å². The SMILES string of the molecule is CC(=O)Nc1ccc(S(=O)(=O)N(C)CC(=O)N(C)Cc2ccccc2C)cc1. The minimum Gasteiger partial charge on any atom is -0.340 e. The maximum atomic E-state index is 12.7. The molecule has 2 amide bonds. The quantitative estimate of drug-likeness (QED) is 0.768. The van der Waals surface area contributed by atoms with Crippen LogP contribution in [0.15, 0.2) is 53.4 Å². The Morgan fingerprint density at radius 3 is 2.18 bits per heavy atom. The van der Waals surface area contributed by atoms with Crippen LogP contribution >= 0.6 is 0 Å². The van der Waals surface area contributed by atoms with Gasteiger partial charge in [0, 0.05) is 33.3 Å². The average molecular weight is 404 g/mol. The molecule has 150 valence electrons. The molecule has 0 atom stereocenters. The van der Waals surface area contributed by atoms with E-state index in [1.165, 1.54) is 43.1 Å². The van der Waals surface area contributed by atoms with E-state index >= 15 is 0 Å². The maximum absolute atomic E-state index is 12.7. The molecule has 0 heterocycles. The van der Waals surface area contributed by atoms with Gasteiger partial charge in [-0.25, -0.2) is 8.42 Å². The van der Waals surface area contributed by atoms with E-state index in [0.29, 0.717) is 12.2 Å². The van der Waals surface area contributed by atoms with E-state index in [-0.39, 0.29) is 23.3 Å². The highest BCUT2D eigenvalue weighted by atomic mass is 32.2. The Morgan fingerprint density at radius 2 is 1.61 bits per heavy atom. The van der Waals surface area contributed by atoms with Gasteiger partial charge in [0.1, 0.15) is 0 Å². The largest absolute Gasteiger partial charge is 0.340 e. The zero-order valence-corrected chi connectivity index (χ0v) is 17.3. The Morgan fingerprint density at radius 1 is 1.00 bits per heavy atom. The molecule has 1 N–H and O–H groups in total. The molecular weight excluding hydrogens is 378 g/mol. The van der Waals surface area contributed by atoms with Gasteiger partial charge < -0.3 is 10.2 Å². The van der Waals surface area contributed by atoms with Crippen LogP contribution in [0.25, 0.3) is 0 Å². The second kappa shape index (κ2) is 8.99. The maximum Gasteiger partial charge on any atom is 0.243 e. The molecule has 0 radical (unpaired) electrons. The Labute approximate surface area is 166 Å². The molecule has 0 aliphatic rings. The fourth-order valence-electron chi connectivity index (χ4n) is 2.62. The van der Waals surface area contributed by atoms with E-state index in [9.17, 15) is 18.0 Å². The van der Waals surface area contributed by atoms with Crippen LogP contribution in [-0.4, -0.2) is 50.1 Å². The molecule has 0 unspecified atom stereocenters. The summed E-state index contributed by atoms with van der Waals surface area (Å²) in [6, 6.07) is 13.6. The van der Waals surface area contributed by atoms with Crippen molar-refractivity contribution in [2.45, 2.75) is 25.3 Å². The van der Waals surface area contributed by atoms with Crippen LogP contribution < -0.4 is 5.32 Å². The summed E-state index contributed by atoms with van der Waals surface area (Å²) in [5.41, 5.74) is 2.59. The van der Waals surface area contributed by atoms with Crippen LogP contribution in [0.1, 0.15) is 18.1 Å².